The van der Waals surface area contributed by atoms with Crippen LogP contribution in [0.2, 0.25) is 10.0 Å². The molecule has 3 aromatic heterocycles. The first-order valence-electron chi connectivity index (χ1n) is 12.5. The molecule has 2 saturated heterocycles. The number of halogens is 2. The fourth-order valence-corrected chi connectivity index (χ4v) is 8.44. The number of nitrogens with zero attached hydrogens (tertiary/aromatic N) is 5. The number of aromatic nitrogens is 4. The minimum atomic E-state index is -2.99. The van der Waals surface area contributed by atoms with Crippen LogP contribution in [0.5, 0.6) is 11.5 Å². The van der Waals surface area contributed by atoms with Gasteiger partial charge in [0.25, 0.3) is 0 Å². The predicted octanol–water partition coefficient (Wildman–Crippen LogP) is 4.97. The third-order valence-corrected chi connectivity index (χ3v) is 10.0. The number of aromatic amines is 1. The number of hydrogen-bond donors (Lipinski definition) is 1. The average Bonchev–Trinajstić information content (AvgIpc) is 3.46. The van der Waals surface area contributed by atoms with Crippen LogP contribution in [0.1, 0.15) is 30.6 Å². The van der Waals surface area contributed by atoms with Gasteiger partial charge in [-0.1, -0.05) is 23.2 Å². The van der Waals surface area contributed by atoms with Gasteiger partial charge in [-0.15, -0.1) is 0 Å². The quantitative estimate of drug-likeness (QED) is 0.326. The monoisotopic (exact) mass is 598 g/mol. The van der Waals surface area contributed by atoms with Crippen molar-refractivity contribution in [1.29, 1.82) is 5.26 Å². The van der Waals surface area contributed by atoms with Gasteiger partial charge in [-0.3, -0.25) is 10.1 Å². The van der Waals surface area contributed by atoms with E-state index in [9.17, 15) is 13.7 Å². The summed E-state index contributed by atoms with van der Waals surface area (Å²) in [6.07, 6.45) is 4.83. The molecule has 1 atom stereocenters. The number of ether oxygens (including phenoxy) is 2. The topological polar surface area (TPSA) is 134 Å². The summed E-state index contributed by atoms with van der Waals surface area (Å²) < 4.78 is 35.8. The number of nitrogens with one attached hydrogen (secondary N) is 1. The van der Waals surface area contributed by atoms with Gasteiger partial charge in [-0.25, -0.2) is 13.4 Å². The zero-order valence-corrected chi connectivity index (χ0v) is 23.9. The highest BCUT2D eigenvalue weighted by Gasteiger charge is 2.51. The fraction of sp³-hybridized carbons (Fsp3) is 0.333. The van der Waals surface area contributed by atoms with Crippen LogP contribution in [0.3, 0.4) is 0 Å². The van der Waals surface area contributed by atoms with Crippen molar-refractivity contribution in [2.24, 2.45) is 5.41 Å². The van der Waals surface area contributed by atoms with Gasteiger partial charge in [0.15, 0.2) is 21.3 Å². The van der Waals surface area contributed by atoms with Crippen molar-refractivity contribution in [1.82, 2.24) is 20.2 Å². The summed E-state index contributed by atoms with van der Waals surface area (Å²) in [5.41, 5.74) is 2.71. The van der Waals surface area contributed by atoms with E-state index in [0.29, 0.717) is 74.8 Å². The first-order valence-corrected chi connectivity index (χ1v) is 15.1. The average molecular weight is 600 g/mol. The van der Waals surface area contributed by atoms with Gasteiger partial charge in [0.1, 0.15) is 23.7 Å². The molecule has 0 saturated carbocycles. The normalized spacial score (nSPS) is 17.9. The van der Waals surface area contributed by atoms with Crippen LogP contribution in [0, 0.1) is 16.7 Å². The summed E-state index contributed by atoms with van der Waals surface area (Å²) in [4.78, 5) is 10.6. The molecule has 6 rings (SSSR count). The largest absolute Gasteiger partial charge is 0.493 e. The summed E-state index contributed by atoms with van der Waals surface area (Å²) in [6, 6.07) is 7.58. The van der Waals surface area contributed by atoms with Crippen LogP contribution in [0.25, 0.3) is 22.2 Å². The van der Waals surface area contributed by atoms with E-state index in [1.54, 1.807) is 25.4 Å². The first kappa shape index (κ1) is 26.6. The number of fused-ring (bicyclic) bond motifs is 1. The third-order valence-electron chi connectivity index (χ3n) is 7.53. The molecule has 40 heavy (non-hydrogen) atoms. The van der Waals surface area contributed by atoms with Crippen molar-refractivity contribution in [3.63, 3.8) is 0 Å². The van der Waals surface area contributed by atoms with Crippen LogP contribution in [0.15, 0.2) is 36.8 Å². The molecule has 4 aromatic rings. The van der Waals surface area contributed by atoms with E-state index in [0.717, 1.165) is 5.39 Å². The van der Waals surface area contributed by atoms with Crippen LogP contribution >= 0.6 is 23.2 Å². The number of nitriles is 1. The smallest absolute Gasteiger partial charge is 0.162 e. The van der Waals surface area contributed by atoms with Gasteiger partial charge in [-0.2, -0.15) is 10.4 Å². The molecular formula is C27H24Cl2N6O4S. The maximum Gasteiger partial charge on any atom is 0.162 e. The van der Waals surface area contributed by atoms with E-state index in [1.165, 1.54) is 12.4 Å². The second-order valence-corrected chi connectivity index (χ2v) is 13.3. The van der Waals surface area contributed by atoms with Crippen LogP contribution in [-0.2, 0) is 9.84 Å². The number of H-pyrrole nitrogens is 1. The number of benzene rings is 1. The Balaban J connectivity index is 1.31. The number of hydrogen-bond acceptors (Lipinski definition) is 9. The van der Waals surface area contributed by atoms with E-state index in [1.807, 2.05) is 17.9 Å². The van der Waals surface area contributed by atoms with Crippen molar-refractivity contribution in [3.8, 4) is 28.8 Å². The van der Waals surface area contributed by atoms with E-state index in [2.05, 4.69) is 26.2 Å². The van der Waals surface area contributed by atoms with Gasteiger partial charge in [0.2, 0.25) is 0 Å². The number of methoxy groups -OCH3 is 1. The molecule has 0 radical (unpaired) electrons. The maximum atomic E-state index is 12.0. The van der Waals surface area contributed by atoms with Crippen molar-refractivity contribution in [2.75, 3.05) is 36.6 Å². The Morgan fingerprint density at radius 3 is 2.55 bits per heavy atom. The number of anilines is 1. The summed E-state index contributed by atoms with van der Waals surface area (Å²) in [6.45, 7) is 2.97. The highest BCUT2D eigenvalue weighted by atomic mass is 35.5. The van der Waals surface area contributed by atoms with Crippen LogP contribution < -0.4 is 14.4 Å². The molecular weight excluding hydrogens is 575 g/mol. The molecule has 2 aliphatic heterocycles. The molecule has 1 unspecified atom stereocenters. The second kappa shape index (κ2) is 9.80. The Kier molecular flexibility index (Phi) is 6.52. The molecule has 1 spiro atoms. The molecule has 0 aliphatic carbocycles. The Hall–Kier alpha value is -3.59. The van der Waals surface area contributed by atoms with Gasteiger partial charge in [-0.05, 0) is 25.5 Å². The molecule has 10 nitrogen and oxygen atoms in total. The first-order chi connectivity index (χ1) is 19.1. The van der Waals surface area contributed by atoms with Crippen molar-refractivity contribution >= 4 is 49.8 Å². The standard InChI is InChI=1S/C27H24Cl2N6O4S/c1-15(24-19(28)10-31-11-20(24)29)39-23-6-18-21(7-22(23)38-2)33-34-25(18)17-5-16(8-30)26(32-9-17)35-12-27(13-35)3-4-40(36,37)14-27/h5-7,9-11,15H,3-4,12-14H2,1-2H3,(H,33,34). The van der Waals surface area contributed by atoms with Crippen molar-refractivity contribution in [2.45, 2.75) is 19.4 Å². The maximum absolute atomic E-state index is 12.0. The number of pyridine rings is 2. The molecule has 13 heteroatoms. The SMILES string of the molecule is COc1cc2[nH]nc(-c3cnc(N4CC5(CCS(=O)(=O)C5)C4)c(C#N)c3)c2cc1OC(C)c1c(Cl)cncc1Cl. The van der Waals surface area contributed by atoms with Gasteiger partial charge >= 0.3 is 0 Å². The molecule has 0 bridgehead atoms. The predicted molar refractivity (Wildman–Crippen MR) is 152 cm³/mol. The lowest BCUT2D eigenvalue weighted by Gasteiger charge is -2.48. The molecule has 5 heterocycles. The van der Waals surface area contributed by atoms with E-state index in [-0.39, 0.29) is 16.9 Å². The lowest BCUT2D eigenvalue weighted by Crippen LogP contribution is -2.57. The fourth-order valence-electron chi connectivity index (χ4n) is 5.62. The summed E-state index contributed by atoms with van der Waals surface area (Å²) in [5.74, 6) is 1.91. The zero-order chi connectivity index (χ0) is 28.2. The van der Waals surface area contributed by atoms with E-state index < -0.39 is 15.9 Å². The Morgan fingerprint density at radius 2 is 1.90 bits per heavy atom. The summed E-state index contributed by atoms with van der Waals surface area (Å²) in [7, 11) is -1.44. The highest BCUT2D eigenvalue weighted by Crippen LogP contribution is 2.44. The van der Waals surface area contributed by atoms with Gasteiger partial charge in [0.05, 0.1) is 39.7 Å². The Labute approximate surface area is 240 Å². The molecule has 2 fully saturated rings. The van der Waals surface area contributed by atoms with Crippen LogP contribution in [-0.4, -0.2) is 60.3 Å². The molecule has 1 N–H and O–H groups in total. The second-order valence-electron chi connectivity index (χ2n) is 10.3. The Bertz CT molecular complexity index is 1780. The molecule has 0 amide bonds. The van der Waals surface area contributed by atoms with E-state index in [4.69, 9.17) is 32.7 Å². The van der Waals surface area contributed by atoms with E-state index >= 15 is 0 Å². The number of sulfone groups is 1. The highest BCUT2D eigenvalue weighted by molar-refractivity contribution is 7.91. The zero-order valence-electron chi connectivity index (χ0n) is 21.6. The minimum Gasteiger partial charge on any atom is -0.493 e. The minimum absolute atomic E-state index is 0.196. The van der Waals surface area contributed by atoms with Gasteiger partial charge in [0, 0.05) is 59.7 Å². The molecule has 2 aliphatic rings. The Morgan fingerprint density at radius 1 is 1.15 bits per heavy atom. The summed E-state index contributed by atoms with van der Waals surface area (Å²) >= 11 is 12.7. The summed E-state index contributed by atoms with van der Waals surface area (Å²) in [5, 5.41) is 19.0. The molecule has 206 valence electrons. The lowest BCUT2D eigenvalue weighted by atomic mass is 9.79. The molecule has 1 aromatic carbocycles. The van der Waals surface area contributed by atoms with Crippen LogP contribution in [0.4, 0.5) is 5.82 Å². The lowest BCUT2D eigenvalue weighted by molar-refractivity contribution is 0.216. The van der Waals surface area contributed by atoms with Crippen molar-refractivity contribution < 1.29 is 17.9 Å². The van der Waals surface area contributed by atoms with Gasteiger partial charge < -0.3 is 14.4 Å². The number of rotatable bonds is 6. The van der Waals surface area contributed by atoms with Crippen molar-refractivity contribution in [3.05, 3.63) is 58.0 Å². The third kappa shape index (κ3) is 4.60.